The molecule has 0 aliphatic carbocycles. The maximum Gasteiger partial charge on any atom is 0.453 e. The molecule has 2 heterocycles. The van der Waals surface area contributed by atoms with Crippen LogP contribution < -0.4 is 9.05 Å². The van der Waals surface area contributed by atoms with E-state index in [2.05, 4.69) is 262 Å². The summed E-state index contributed by atoms with van der Waals surface area (Å²) in [6.07, 6.45) is 0. The van der Waals surface area contributed by atoms with Crippen molar-refractivity contribution in [2.24, 2.45) is 0 Å². The van der Waals surface area contributed by atoms with Crippen LogP contribution in [0.4, 0.5) is 0 Å². The highest BCUT2D eigenvalue weighted by molar-refractivity contribution is 7.32. The fourth-order valence-electron chi connectivity index (χ4n) is 12.0. The van der Waals surface area contributed by atoms with Gasteiger partial charge >= 0.3 is 16.5 Å². The third-order valence-electron chi connectivity index (χ3n) is 16.0. The Hall–Kier alpha value is -6.32. The lowest BCUT2D eigenvalue weighted by Crippen LogP contribution is -2.22. The minimum Gasteiger partial charge on any atom is -0.390 e. The van der Waals surface area contributed by atoms with E-state index in [-0.39, 0.29) is 21.7 Å². The van der Waals surface area contributed by atoms with Gasteiger partial charge in [0.05, 0.1) is 0 Å². The normalized spacial score (nSPS) is 13.1. The number of hydrogen-bond acceptors (Lipinski definition) is 6. The summed E-state index contributed by atoms with van der Waals surface area (Å²) in [7, 11) is -4.35. The highest BCUT2D eigenvalue weighted by Gasteiger charge is 2.37. The summed E-state index contributed by atoms with van der Waals surface area (Å²) in [5.74, 6) is 1.40. The zero-order valence-corrected chi connectivity index (χ0v) is 53.5. The van der Waals surface area contributed by atoms with Crippen molar-refractivity contribution in [1.82, 2.24) is 0 Å². The van der Waals surface area contributed by atoms with Crippen LogP contribution in [0.15, 0.2) is 126 Å². The Morgan fingerprint density at radius 2 is 0.650 bits per heavy atom. The van der Waals surface area contributed by atoms with E-state index in [1.54, 1.807) is 0 Å². The lowest BCUT2D eigenvalue weighted by molar-refractivity contribution is 0.467. The van der Waals surface area contributed by atoms with Gasteiger partial charge in [-0.3, -0.25) is 0 Å². The standard InChI is InChI=1S/C72H84O6P2/c1-41-35-49-50-36-42(2)38-54(70(14,15)16)64(50)76-80(75-63(49)53(37-41)69(11,12)13)78-66-56(72(20,21)22)40-52(68(8,9)10)44(4)60(66)59-43(3)51(67(5,6)7)39-55(71(17,18)19)65(59)77-79-73-57-33-31-45-27-23-25-29-47(45)61(57)62-48-30-26-24-28-46(48)32-34-58(62)74-79/h23-40H,1-22H3. The highest BCUT2D eigenvalue weighted by atomic mass is 31.1. The van der Waals surface area contributed by atoms with E-state index in [1.165, 1.54) is 11.1 Å². The van der Waals surface area contributed by atoms with Crippen LogP contribution in [0.2, 0.25) is 0 Å². The van der Waals surface area contributed by atoms with Crippen molar-refractivity contribution in [3.8, 4) is 22.6 Å². The van der Waals surface area contributed by atoms with Crippen LogP contribution in [0.25, 0.3) is 76.5 Å². The average Bonchev–Trinajstić information content (AvgIpc) is 3.77. The Bertz CT molecular complexity index is 4040. The number of benzene rings is 8. The van der Waals surface area contributed by atoms with Crippen LogP contribution in [0, 0.1) is 27.7 Å². The first-order valence-corrected chi connectivity index (χ1v) is 30.7. The van der Waals surface area contributed by atoms with Crippen molar-refractivity contribution in [3.63, 3.8) is 0 Å². The number of aryl methyl sites for hydroxylation is 2. The predicted molar refractivity (Wildman–Crippen MR) is 343 cm³/mol. The van der Waals surface area contributed by atoms with Gasteiger partial charge in [0.2, 0.25) is 0 Å². The predicted octanol–water partition coefficient (Wildman–Crippen LogP) is 23.6. The van der Waals surface area contributed by atoms with E-state index < -0.39 is 27.3 Å². The summed E-state index contributed by atoms with van der Waals surface area (Å²) in [4.78, 5) is 0. The molecule has 0 unspecified atom stereocenters. The highest BCUT2D eigenvalue weighted by Crippen LogP contribution is 2.57. The molecule has 10 rings (SSSR count). The lowest BCUT2D eigenvalue weighted by Gasteiger charge is -2.34. The topological polar surface area (TPSA) is 71.0 Å². The number of hydrogen-bond donors (Lipinski definition) is 0. The summed E-state index contributed by atoms with van der Waals surface area (Å²) < 4.78 is 45.2. The third kappa shape index (κ3) is 10.4. The first-order chi connectivity index (χ1) is 37.1. The molecule has 0 saturated heterocycles. The summed E-state index contributed by atoms with van der Waals surface area (Å²) >= 11 is 0. The maximum absolute atomic E-state index is 7.89. The monoisotopic (exact) mass is 1110 g/mol. The molecular formula is C72H84O6P2. The van der Waals surface area contributed by atoms with E-state index in [0.717, 1.165) is 110 Å². The van der Waals surface area contributed by atoms with Gasteiger partial charge in [-0.05, 0) is 139 Å². The molecule has 0 aliphatic rings. The minimum absolute atomic E-state index is 0.268. The van der Waals surface area contributed by atoms with Crippen LogP contribution in [-0.2, 0) is 32.5 Å². The molecule has 6 nitrogen and oxygen atoms in total. The van der Waals surface area contributed by atoms with Crippen LogP contribution >= 0.6 is 16.5 Å². The van der Waals surface area contributed by atoms with E-state index in [1.807, 2.05) is 0 Å². The molecule has 0 amide bonds. The van der Waals surface area contributed by atoms with Crippen LogP contribution in [-0.4, -0.2) is 0 Å². The minimum atomic E-state index is -2.19. The van der Waals surface area contributed by atoms with Crippen molar-refractivity contribution in [2.45, 2.75) is 185 Å². The molecule has 8 heteroatoms. The summed E-state index contributed by atoms with van der Waals surface area (Å²) in [6, 6.07) is 39.3. The summed E-state index contributed by atoms with van der Waals surface area (Å²) in [5.41, 5.74) is 14.2. The van der Waals surface area contributed by atoms with Gasteiger partial charge in [-0.1, -0.05) is 210 Å². The van der Waals surface area contributed by atoms with Gasteiger partial charge in [-0.2, -0.15) is 0 Å². The first-order valence-electron chi connectivity index (χ1n) is 28.5. The third-order valence-corrected chi connectivity index (χ3v) is 18.0. The molecule has 0 saturated carbocycles. The van der Waals surface area contributed by atoms with E-state index >= 15 is 0 Å². The molecule has 10 aromatic rings. The van der Waals surface area contributed by atoms with Gasteiger partial charge < -0.3 is 25.8 Å². The van der Waals surface area contributed by atoms with Gasteiger partial charge in [-0.25, -0.2) is 0 Å². The second-order valence-corrected chi connectivity index (χ2v) is 30.8. The fraction of sp³-hybridized carbons (Fsp3) is 0.389. The Labute approximate surface area is 477 Å². The Morgan fingerprint density at radius 3 is 0.988 bits per heavy atom. The molecular weight excluding hydrogens is 1020 g/mol. The second kappa shape index (κ2) is 19.7. The average molecular weight is 1110 g/mol. The lowest BCUT2D eigenvalue weighted by atomic mass is 9.72. The molecule has 0 aliphatic heterocycles. The van der Waals surface area contributed by atoms with E-state index in [0.29, 0.717) is 22.7 Å². The molecule has 0 fully saturated rings. The fourth-order valence-corrected chi connectivity index (χ4v) is 14.2. The Morgan fingerprint density at radius 1 is 0.325 bits per heavy atom. The molecule has 0 radical (unpaired) electrons. The summed E-state index contributed by atoms with van der Waals surface area (Å²) in [5, 5.41) is 8.40. The van der Waals surface area contributed by atoms with Crippen molar-refractivity contribution in [3.05, 3.63) is 165 Å². The second-order valence-electron chi connectivity index (χ2n) is 28.8. The SMILES string of the molecule is Cc1cc(C(C)(C)C)c2op(Oc3c(C(C)(C)C)cc(C(C)(C)C)c(C)c3-c3c(C)c(C(C)(C)C)cc(C(C)(C)C)c3Op3oc4ccc5ccccc5c4c4c(ccc5ccccc54)o3)oc3c(C(C)(C)C)cc(C)cc3c2c1. The zero-order valence-electron chi connectivity index (χ0n) is 51.7. The molecule has 0 atom stereocenters. The maximum atomic E-state index is 7.89. The Balaban J connectivity index is 1.39. The molecule has 0 bridgehead atoms. The molecule has 8 aromatic carbocycles. The van der Waals surface area contributed by atoms with Gasteiger partial charge in [0.15, 0.2) is 0 Å². The number of rotatable bonds is 5. The molecule has 80 heavy (non-hydrogen) atoms. The molecule has 418 valence electrons. The van der Waals surface area contributed by atoms with Gasteiger partial charge in [0, 0.05) is 54.9 Å². The molecule has 2 aromatic heterocycles. The molecule has 0 N–H and O–H groups in total. The Kier molecular flexibility index (Phi) is 14.0. The van der Waals surface area contributed by atoms with E-state index in [4.69, 9.17) is 25.8 Å². The van der Waals surface area contributed by atoms with E-state index in [9.17, 15) is 0 Å². The molecule has 0 spiro atoms. The van der Waals surface area contributed by atoms with Crippen LogP contribution in [0.3, 0.4) is 0 Å². The quantitative estimate of drug-likeness (QED) is 0.171. The zero-order chi connectivity index (χ0) is 58.1. The van der Waals surface area contributed by atoms with Crippen LogP contribution in [0.5, 0.6) is 11.5 Å². The van der Waals surface area contributed by atoms with Gasteiger partial charge in [0.1, 0.15) is 33.8 Å². The number of fused-ring (bicyclic) bond motifs is 10. The van der Waals surface area contributed by atoms with Crippen molar-refractivity contribution >= 4 is 81.9 Å². The van der Waals surface area contributed by atoms with Gasteiger partial charge in [0.25, 0.3) is 0 Å². The van der Waals surface area contributed by atoms with Crippen LogP contribution in [0.1, 0.15) is 180 Å². The van der Waals surface area contributed by atoms with Crippen molar-refractivity contribution < 1.29 is 25.8 Å². The van der Waals surface area contributed by atoms with Gasteiger partial charge in [-0.15, -0.1) is 0 Å². The van der Waals surface area contributed by atoms with Crippen molar-refractivity contribution in [1.29, 1.82) is 0 Å². The van der Waals surface area contributed by atoms with Crippen molar-refractivity contribution in [2.75, 3.05) is 0 Å². The summed E-state index contributed by atoms with van der Waals surface area (Å²) in [6.45, 7) is 49.9. The smallest absolute Gasteiger partial charge is 0.390 e. The largest absolute Gasteiger partial charge is 0.453 e. The first kappa shape index (κ1) is 56.9.